The van der Waals surface area contributed by atoms with Crippen molar-refractivity contribution in [1.82, 2.24) is 0 Å². The van der Waals surface area contributed by atoms with E-state index in [9.17, 15) is 13.0 Å². The molecule has 1 rings (SSSR count). The Labute approximate surface area is 135 Å². The molecule has 4 heteroatoms. The molecule has 0 aliphatic carbocycles. The maximum atomic E-state index is 11.6. The Morgan fingerprint density at radius 2 is 1.50 bits per heavy atom. The van der Waals surface area contributed by atoms with E-state index < -0.39 is 10.1 Å². The predicted molar refractivity (Wildman–Crippen MR) is 91.9 cm³/mol. The second-order valence-corrected chi connectivity index (χ2v) is 7.38. The van der Waals surface area contributed by atoms with E-state index in [1.54, 1.807) is 6.07 Å². The summed E-state index contributed by atoms with van der Waals surface area (Å²) in [6.07, 6.45) is 10.9. The molecule has 0 atom stereocenters. The van der Waals surface area contributed by atoms with Crippen molar-refractivity contribution in [1.29, 1.82) is 0 Å². The summed E-state index contributed by atoms with van der Waals surface area (Å²) in [5.74, 6) is 0. The Bertz CT molecular complexity index is 535. The van der Waals surface area contributed by atoms with Crippen LogP contribution >= 0.6 is 0 Å². The molecule has 0 saturated heterocycles. The molecule has 3 nitrogen and oxygen atoms in total. The second-order valence-electron chi connectivity index (χ2n) is 5.99. The van der Waals surface area contributed by atoms with Gasteiger partial charge in [-0.15, -0.1) is 0 Å². The van der Waals surface area contributed by atoms with Gasteiger partial charge < -0.3 is 0 Å². The van der Waals surface area contributed by atoms with Gasteiger partial charge in [0.1, 0.15) is 0 Å². The number of benzene rings is 1. The first kappa shape index (κ1) is 19.2. The molecule has 0 spiro atoms. The topological polar surface area (TPSA) is 54.4 Å². The van der Waals surface area contributed by atoms with Crippen molar-refractivity contribution >= 4 is 10.1 Å². The minimum absolute atomic E-state index is 0.101. The van der Waals surface area contributed by atoms with Crippen molar-refractivity contribution in [3.63, 3.8) is 0 Å². The van der Waals surface area contributed by atoms with Crippen LogP contribution in [0.15, 0.2) is 23.1 Å². The van der Waals surface area contributed by atoms with Crippen LogP contribution in [0.25, 0.3) is 0 Å². The summed E-state index contributed by atoms with van der Waals surface area (Å²) in [6, 6.07) is 5.27. The van der Waals surface area contributed by atoms with E-state index in [0.717, 1.165) is 43.2 Å². The predicted octanol–water partition coefficient (Wildman–Crippen LogP) is 5.18. The third-order valence-electron chi connectivity index (χ3n) is 4.09. The molecule has 0 radical (unpaired) electrons. The van der Waals surface area contributed by atoms with E-state index in [1.165, 1.54) is 38.2 Å². The molecule has 0 unspecified atom stereocenters. The summed E-state index contributed by atoms with van der Waals surface area (Å²) in [6.45, 7) is 4.30. The lowest BCUT2D eigenvalue weighted by molar-refractivity contribution is 0.481. The Kier molecular flexibility index (Phi) is 8.72. The first-order valence-corrected chi connectivity index (χ1v) is 10.0. The van der Waals surface area contributed by atoms with Gasteiger partial charge in [0.05, 0.1) is 4.90 Å². The molecule has 1 aromatic carbocycles. The maximum absolute atomic E-state index is 11.6. The smallest absolute Gasteiger partial charge is 0.282 e. The molecular formula is C18H30O3S. The Morgan fingerprint density at radius 3 is 2.14 bits per heavy atom. The highest BCUT2D eigenvalue weighted by atomic mass is 32.2. The monoisotopic (exact) mass is 326 g/mol. The van der Waals surface area contributed by atoms with Gasteiger partial charge in [-0.1, -0.05) is 64.5 Å². The van der Waals surface area contributed by atoms with Crippen molar-refractivity contribution in [2.45, 2.75) is 83.0 Å². The highest BCUT2D eigenvalue weighted by molar-refractivity contribution is 7.85. The summed E-state index contributed by atoms with van der Waals surface area (Å²) in [5, 5.41) is 0. The molecule has 1 aromatic rings. The molecule has 0 aliphatic rings. The van der Waals surface area contributed by atoms with Gasteiger partial charge in [-0.25, -0.2) is 0 Å². The lowest BCUT2D eigenvalue weighted by Gasteiger charge is -2.13. The summed E-state index contributed by atoms with van der Waals surface area (Å²) < 4.78 is 32.6. The normalized spacial score (nSPS) is 11.8. The van der Waals surface area contributed by atoms with Crippen LogP contribution in [0.3, 0.4) is 0 Å². The number of hydrogen-bond acceptors (Lipinski definition) is 2. The second kappa shape index (κ2) is 10.0. The van der Waals surface area contributed by atoms with Crippen molar-refractivity contribution in [2.75, 3.05) is 0 Å². The molecule has 22 heavy (non-hydrogen) atoms. The lowest BCUT2D eigenvalue weighted by atomic mass is 9.97. The maximum Gasteiger partial charge on any atom is 0.294 e. The lowest BCUT2D eigenvalue weighted by Crippen LogP contribution is -2.07. The third-order valence-corrected chi connectivity index (χ3v) is 5.03. The Balaban J connectivity index is 2.76. The molecule has 126 valence electrons. The van der Waals surface area contributed by atoms with Crippen LogP contribution in [0.2, 0.25) is 0 Å². The SMILES string of the molecule is CCCCCCCCc1cccc(S(=O)(=O)O)c1CCCC. The number of hydrogen-bond donors (Lipinski definition) is 1. The Hall–Kier alpha value is -0.870. The molecule has 1 N–H and O–H groups in total. The molecule has 0 bridgehead atoms. The van der Waals surface area contributed by atoms with Crippen LogP contribution in [-0.2, 0) is 23.0 Å². The summed E-state index contributed by atoms with van der Waals surface area (Å²) in [4.78, 5) is 0.101. The molecular weight excluding hydrogens is 296 g/mol. The van der Waals surface area contributed by atoms with Crippen molar-refractivity contribution in [3.05, 3.63) is 29.3 Å². The third kappa shape index (κ3) is 6.49. The van der Waals surface area contributed by atoms with E-state index in [2.05, 4.69) is 13.8 Å². The fraction of sp³-hybridized carbons (Fsp3) is 0.667. The van der Waals surface area contributed by atoms with Crippen LogP contribution in [-0.4, -0.2) is 13.0 Å². The first-order chi connectivity index (χ1) is 10.5. The largest absolute Gasteiger partial charge is 0.294 e. The van der Waals surface area contributed by atoms with Crippen LogP contribution in [0.5, 0.6) is 0 Å². The van der Waals surface area contributed by atoms with E-state index in [0.29, 0.717) is 0 Å². The van der Waals surface area contributed by atoms with Crippen LogP contribution in [0.4, 0.5) is 0 Å². The van der Waals surface area contributed by atoms with Crippen molar-refractivity contribution in [3.8, 4) is 0 Å². The van der Waals surface area contributed by atoms with Gasteiger partial charge in [0, 0.05) is 0 Å². The fourth-order valence-corrected chi connectivity index (χ4v) is 3.62. The van der Waals surface area contributed by atoms with Crippen molar-refractivity contribution in [2.24, 2.45) is 0 Å². The highest BCUT2D eigenvalue weighted by Crippen LogP contribution is 2.24. The summed E-state index contributed by atoms with van der Waals surface area (Å²) in [7, 11) is -4.13. The molecule has 0 heterocycles. The van der Waals surface area contributed by atoms with E-state index in [4.69, 9.17) is 0 Å². The van der Waals surface area contributed by atoms with E-state index >= 15 is 0 Å². The number of rotatable bonds is 11. The van der Waals surface area contributed by atoms with Gasteiger partial charge in [-0.2, -0.15) is 8.42 Å². The molecule has 0 aromatic heterocycles. The Morgan fingerprint density at radius 1 is 0.864 bits per heavy atom. The van der Waals surface area contributed by atoms with Crippen LogP contribution in [0, 0.1) is 0 Å². The quantitative estimate of drug-likeness (QED) is 0.450. The number of aryl methyl sites for hydroxylation is 1. The van der Waals surface area contributed by atoms with Gasteiger partial charge in [0.15, 0.2) is 0 Å². The highest BCUT2D eigenvalue weighted by Gasteiger charge is 2.17. The van der Waals surface area contributed by atoms with Crippen LogP contribution in [0.1, 0.15) is 76.3 Å². The van der Waals surface area contributed by atoms with Crippen molar-refractivity contribution < 1.29 is 13.0 Å². The zero-order valence-electron chi connectivity index (χ0n) is 14.0. The summed E-state index contributed by atoms with van der Waals surface area (Å²) in [5.41, 5.74) is 1.90. The van der Waals surface area contributed by atoms with Gasteiger partial charge >= 0.3 is 0 Å². The fourth-order valence-electron chi connectivity index (χ4n) is 2.82. The van der Waals surface area contributed by atoms with Crippen LogP contribution < -0.4 is 0 Å². The minimum atomic E-state index is -4.13. The molecule has 0 saturated carbocycles. The zero-order chi connectivity index (χ0) is 16.4. The number of unbranched alkanes of at least 4 members (excludes halogenated alkanes) is 6. The van der Waals surface area contributed by atoms with Gasteiger partial charge in [0.2, 0.25) is 0 Å². The molecule has 0 aliphatic heterocycles. The molecule has 0 fully saturated rings. The minimum Gasteiger partial charge on any atom is -0.282 e. The van der Waals surface area contributed by atoms with E-state index in [1.807, 2.05) is 6.07 Å². The zero-order valence-corrected chi connectivity index (χ0v) is 14.8. The summed E-state index contributed by atoms with van der Waals surface area (Å²) >= 11 is 0. The molecule has 0 amide bonds. The standard InChI is InChI=1S/C18H30O3S/c1-3-5-7-8-9-10-12-16-13-11-15-18(22(19,20)21)17(16)14-6-4-2/h11,13,15H,3-10,12,14H2,1-2H3,(H,19,20,21). The van der Waals surface area contributed by atoms with Gasteiger partial charge in [-0.3, -0.25) is 4.55 Å². The average Bonchev–Trinajstić information content (AvgIpc) is 2.48. The average molecular weight is 327 g/mol. The van der Waals surface area contributed by atoms with Gasteiger partial charge in [0.25, 0.3) is 10.1 Å². The van der Waals surface area contributed by atoms with Gasteiger partial charge in [-0.05, 0) is 42.9 Å². The van der Waals surface area contributed by atoms with E-state index in [-0.39, 0.29) is 4.90 Å². The first-order valence-electron chi connectivity index (χ1n) is 8.59.